The van der Waals surface area contributed by atoms with E-state index in [4.69, 9.17) is 0 Å². The number of ether oxygens (including phenoxy) is 1. The van der Waals surface area contributed by atoms with Crippen molar-refractivity contribution in [3.05, 3.63) is 0 Å². The predicted octanol–water partition coefficient (Wildman–Crippen LogP) is 1.16. The molecule has 0 atom stereocenters. The van der Waals surface area contributed by atoms with E-state index >= 15 is 0 Å². The Morgan fingerprint density at radius 3 is 2.45 bits per heavy atom. The van der Waals surface area contributed by atoms with Gasteiger partial charge in [0.25, 0.3) is 0 Å². The molecule has 0 aromatic carbocycles. The highest BCUT2D eigenvalue weighted by Gasteiger charge is 2.21. The molecule has 0 saturated carbocycles. The Hall–Kier alpha value is -0.860. The number of esters is 1. The van der Waals surface area contributed by atoms with Gasteiger partial charge in [-0.25, -0.2) is 0 Å². The lowest BCUT2D eigenvalue weighted by Crippen LogP contribution is -2.20. The molecule has 0 unspecified atom stereocenters. The molecule has 0 fully saturated rings. The van der Waals surface area contributed by atoms with Crippen molar-refractivity contribution in [1.82, 2.24) is 0 Å². The number of hydrogen-bond acceptors (Lipinski definition) is 3. The van der Waals surface area contributed by atoms with Crippen molar-refractivity contribution >= 4 is 12.3 Å². The Bertz CT molecular complexity index is 149. The molecular weight excluding hydrogens is 144 g/mol. The van der Waals surface area contributed by atoms with Crippen LogP contribution in [0.15, 0.2) is 0 Å². The van der Waals surface area contributed by atoms with Gasteiger partial charge in [-0.1, -0.05) is 13.8 Å². The zero-order valence-electron chi connectivity index (χ0n) is 7.22. The molecule has 0 heterocycles. The second kappa shape index (κ2) is 4.11. The zero-order chi connectivity index (χ0) is 8.91. The molecule has 0 aliphatic carbocycles. The molecule has 0 radical (unpaired) electrons. The van der Waals surface area contributed by atoms with Gasteiger partial charge < -0.3 is 9.53 Å². The lowest BCUT2D eigenvalue weighted by Gasteiger charge is -2.14. The van der Waals surface area contributed by atoms with E-state index in [0.717, 1.165) is 6.29 Å². The second-order valence-electron chi connectivity index (χ2n) is 3.09. The number of aldehydes is 1. The number of rotatable bonds is 4. The Morgan fingerprint density at radius 1 is 1.55 bits per heavy atom. The normalized spacial score (nSPS) is 10.8. The molecule has 64 valence electrons. The van der Waals surface area contributed by atoms with Gasteiger partial charge in [0.15, 0.2) is 0 Å². The average molecular weight is 158 g/mol. The van der Waals surface area contributed by atoms with Crippen LogP contribution >= 0.6 is 0 Å². The van der Waals surface area contributed by atoms with Crippen LogP contribution in [0.4, 0.5) is 0 Å². The van der Waals surface area contributed by atoms with Gasteiger partial charge in [-0.3, -0.25) is 4.79 Å². The topological polar surface area (TPSA) is 43.4 Å². The van der Waals surface area contributed by atoms with Gasteiger partial charge in [0.05, 0.1) is 13.0 Å². The molecule has 0 aromatic heterocycles. The fourth-order valence-electron chi connectivity index (χ4n) is 0.626. The molecule has 3 heteroatoms. The minimum atomic E-state index is -0.591. The van der Waals surface area contributed by atoms with Gasteiger partial charge in [0, 0.05) is 5.41 Å². The van der Waals surface area contributed by atoms with Crippen molar-refractivity contribution in [3.63, 3.8) is 0 Å². The van der Waals surface area contributed by atoms with Crippen molar-refractivity contribution in [1.29, 1.82) is 0 Å². The molecule has 0 bridgehead atoms. The molecule has 3 nitrogen and oxygen atoms in total. The predicted molar refractivity (Wildman–Crippen MR) is 41.1 cm³/mol. The quantitative estimate of drug-likeness (QED) is 0.455. The summed E-state index contributed by atoms with van der Waals surface area (Å²) >= 11 is 0. The van der Waals surface area contributed by atoms with Gasteiger partial charge in [-0.2, -0.15) is 0 Å². The first-order chi connectivity index (χ1) is 5.02. The van der Waals surface area contributed by atoms with Crippen LogP contribution < -0.4 is 0 Å². The Kier molecular flexibility index (Phi) is 3.79. The fourth-order valence-corrected chi connectivity index (χ4v) is 0.626. The van der Waals surface area contributed by atoms with Gasteiger partial charge in [-0.15, -0.1) is 0 Å². The summed E-state index contributed by atoms with van der Waals surface area (Å²) in [5.41, 5.74) is -0.591. The van der Waals surface area contributed by atoms with E-state index in [9.17, 15) is 9.59 Å². The third-order valence-electron chi connectivity index (χ3n) is 1.22. The minimum Gasteiger partial charge on any atom is -0.466 e. The highest BCUT2D eigenvalue weighted by Crippen LogP contribution is 2.16. The van der Waals surface area contributed by atoms with Crippen LogP contribution in [-0.2, 0) is 14.3 Å². The standard InChI is InChI=1S/C8H14O3/c1-4-11-7(10)5-8(2,3)6-9/h6H,4-5H2,1-3H3. The third kappa shape index (κ3) is 4.53. The lowest BCUT2D eigenvalue weighted by atomic mass is 9.92. The molecule has 0 aliphatic heterocycles. The van der Waals surface area contributed by atoms with Crippen molar-refractivity contribution in [2.45, 2.75) is 27.2 Å². The maximum Gasteiger partial charge on any atom is 0.306 e. The number of hydrogen-bond donors (Lipinski definition) is 0. The van der Waals surface area contributed by atoms with E-state index in [1.54, 1.807) is 20.8 Å². The Morgan fingerprint density at radius 2 is 2.09 bits per heavy atom. The summed E-state index contributed by atoms with van der Waals surface area (Å²) < 4.78 is 4.68. The van der Waals surface area contributed by atoms with Crippen LogP contribution in [-0.4, -0.2) is 18.9 Å². The Balaban J connectivity index is 3.83. The molecule has 0 spiro atoms. The van der Waals surface area contributed by atoms with Crippen molar-refractivity contribution in [2.24, 2.45) is 5.41 Å². The van der Waals surface area contributed by atoms with Crippen LogP contribution in [0.1, 0.15) is 27.2 Å². The maximum atomic E-state index is 10.8. The first kappa shape index (κ1) is 10.1. The third-order valence-corrected chi connectivity index (χ3v) is 1.22. The molecule has 0 aliphatic rings. The van der Waals surface area contributed by atoms with Crippen LogP contribution in [0.25, 0.3) is 0 Å². The number of carbonyl (C=O) groups excluding carboxylic acids is 2. The van der Waals surface area contributed by atoms with Gasteiger partial charge >= 0.3 is 5.97 Å². The SMILES string of the molecule is CCOC(=O)CC(C)(C)C=O. The van der Waals surface area contributed by atoms with E-state index in [0.29, 0.717) is 6.61 Å². The average Bonchev–Trinajstić information content (AvgIpc) is 1.87. The first-order valence-corrected chi connectivity index (χ1v) is 3.64. The monoisotopic (exact) mass is 158 g/mol. The summed E-state index contributed by atoms with van der Waals surface area (Å²) in [5.74, 6) is -0.315. The van der Waals surface area contributed by atoms with Crippen molar-refractivity contribution < 1.29 is 14.3 Å². The molecule has 0 rings (SSSR count). The van der Waals surface area contributed by atoms with Crippen LogP contribution in [0, 0.1) is 5.41 Å². The van der Waals surface area contributed by atoms with Crippen molar-refractivity contribution in [2.75, 3.05) is 6.61 Å². The van der Waals surface area contributed by atoms with Gasteiger partial charge in [0.1, 0.15) is 6.29 Å². The van der Waals surface area contributed by atoms with E-state index in [1.807, 2.05) is 0 Å². The maximum absolute atomic E-state index is 10.8. The second-order valence-corrected chi connectivity index (χ2v) is 3.09. The van der Waals surface area contributed by atoms with Crippen molar-refractivity contribution in [3.8, 4) is 0 Å². The molecule has 0 saturated heterocycles. The van der Waals surface area contributed by atoms with E-state index in [1.165, 1.54) is 0 Å². The summed E-state index contributed by atoms with van der Waals surface area (Å²) in [6.45, 7) is 5.52. The molecule has 11 heavy (non-hydrogen) atoms. The molecule has 0 aromatic rings. The summed E-state index contributed by atoms with van der Waals surface area (Å²) in [5, 5.41) is 0. The van der Waals surface area contributed by atoms with E-state index < -0.39 is 5.41 Å². The fraction of sp³-hybridized carbons (Fsp3) is 0.750. The van der Waals surface area contributed by atoms with E-state index in [-0.39, 0.29) is 12.4 Å². The summed E-state index contributed by atoms with van der Waals surface area (Å²) in [4.78, 5) is 21.2. The van der Waals surface area contributed by atoms with E-state index in [2.05, 4.69) is 4.74 Å². The van der Waals surface area contributed by atoms with Gasteiger partial charge in [0.2, 0.25) is 0 Å². The highest BCUT2D eigenvalue weighted by molar-refractivity contribution is 5.75. The molecule has 0 amide bonds. The number of carbonyl (C=O) groups is 2. The Labute approximate surface area is 66.7 Å². The smallest absolute Gasteiger partial charge is 0.306 e. The van der Waals surface area contributed by atoms with Crippen LogP contribution in [0.2, 0.25) is 0 Å². The van der Waals surface area contributed by atoms with Crippen LogP contribution in [0.3, 0.4) is 0 Å². The lowest BCUT2D eigenvalue weighted by molar-refractivity contribution is -0.146. The zero-order valence-corrected chi connectivity index (χ0v) is 7.22. The highest BCUT2D eigenvalue weighted by atomic mass is 16.5. The summed E-state index contributed by atoms with van der Waals surface area (Å²) in [7, 11) is 0. The van der Waals surface area contributed by atoms with Crippen LogP contribution in [0.5, 0.6) is 0 Å². The summed E-state index contributed by atoms with van der Waals surface area (Å²) in [6.07, 6.45) is 0.925. The summed E-state index contributed by atoms with van der Waals surface area (Å²) in [6, 6.07) is 0. The first-order valence-electron chi connectivity index (χ1n) is 3.64. The minimum absolute atomic E-state index is 0.157. The molecule has 0 N–H and O–H groups in total. The van der Waals surface area contributed by atoms with Gasteiger partial charge in [-0.05, 0) is 6.92 Å². The largest absolute Gasteiger partial charge is 0.466 e. The molecular formula is C8H14O3.